The van der Waals surface area contributed by atoms with Crippen LogP contribution in [0.15, 0.2) is 24.3 Å². The van der Waals surface area contributed by atoms with Crippen LogP contribution in [0.25, 0.3) is 0 Å². The maximum Gasteiger partial charge on any atom is 0.0483 e. The van der Waals surface area contributed by atoms with E-state index >= 15 is 0 Å². The number of aliphatic hydroxyl groups excluding tert-OH is 3. The van der Waals surface area contributed by atoms with Crippen molar-refractivity contribution in [3.05, 3.63) is 36.1 Å². The smallest absolute Gasteiger partial charge is 0.0483 e. The fraction of sp³-hybridized carbons (Fsp3) is 0.600. The van der Waals surface area contributed by atoms with E-state index < -0.39 is 0 Å². The zero-order chi connectivity index (χ0) is 15.8. The Balaban J connectivity index is -0.0000000881. The molecule has 0 bridgehead atoms. The molecule has 3 nitrogen and oxygen atoms in total. The van der Waals surface area contributed by atoms with Crippen LogP contribution in [0.2, 0.25) is 0 Å². The topological polar surface area (TPSA) is 60.7 Å². The number of rotatable bonds is 0. The fourth-order valence-electron chi connectivity index (χ4n) is 0.367. The Kier molecular flexibility index (Phi) is 29.5. The van der Waals surface area contributed by atoms with E-state index in [4.69, 9.17) is 15.3 Å². The van der Waals surface area contributed by atoms with Gasteiger partial charge in [-0.25, -0.2) is 4.39 Å². The third kappa shape index (κ3) is 83.0. The molecule has 1 aromatic rings. The Morgan fingerprint density at radius 2 is 1.00 bits per heavy atom. The Hall–Kier alpha value is -0.256. The van der Waals surface area contributed by atoms with Gasteiger partial charge in [-0.3, -0.25) is 0 Å². The maximum atomic E-state index is 11.9. The number of hydrogen-bond donors (Lipinski definition) is 3. The van der Waals surface area contributed by atoms with E-state index in [2.05, 4.69) is 6.07 Å². The molecule has 0 fully saturated rings. The second kappa shape index (κ2) is 21.1. The number of halogens is 1. The Morgan fingerprint density at radius 1 is 0.800 bits per heavy atom. The van der Waals surface area contributed by atoms with Gasteiger partial charge in [0.1, 0.15) is 0 Å². The summed E-state index contributed by atoms with van der Waals surface area (Å²) in [6.07, 6.45) is -0.500. The van der Waals surface area contributed by atoms with Gasteiger partial charge in [0.15, 0.2) is 0 Å². The van der Waals surface area contributed by atoms with Crippen LogP contribution in [-0.4, -0.2) is 33.6 Å². The molecule has 20 heavy (non-hydrogen) atoms. The molecule has 0 unspecified atom stereocenters. The summed E-state index contributed by atoms with van der Waals surface area (Å²) < 4.78 is 11.9. The monoisotopic (exact) mass is 323 g/mol. The van der Waals surface area contributed by atoms with Crippen molar-refractivity contribution < 1.29 is 41.4 Å². The normalized spacial score (nSPS) is 8.45. The van der Waals surface area contributed by atoms with Crippen molar-refractivity contribution in [2.45, 2.75) is 59.9 Å². The molecule has 0 atom stereocenters. The van der Waals surface area contributed by atoms with Gasteiger partial charge in [0.25, 0.3) is 0 Å². The Bertz CT molecular complexity index is 232. The minimum absolute atomic E-state index is 0. The van der Waals surface area contributed by atoms with Crippen molar-refractivity contribution in [2.75, 3.05) is 0 Å². The van der Waals surface area contributed by atoms with E-state index in [0.717, 1.165) is 0 Å². The molecule has 0 aromatic heterocycles. The Labute approximate surface area is 137 Å². The number of benzene rings is 1. The van der Waals surface area contributed by atoms with Gasteiger partial charge in [-0.2, -0.15) is 18.2 Å². The average molecular weight is 323 g/mol. The molecular weight excluding hydrogens is 295 g/mol. The van der Waals surface area contributed by atoms with Crippen LogP contribution < -0.4 is 0 Å². The summed E-state index contributed by atoms with van der Waals surface area (Å²) in [5, 5.41) is 24.2. The predicted octanol–water partition coefficient (Wildman–Crippen LogP) is 2.78. The quantitative estimate of drug-likeness (QED) is 0.508. The summed E-state index contributed by atoms with van der Waals surface area (Å²) in [4.78, 5) is 0. The summed E-state index contributed by atoms with van der Waals surface area (Å²) in [5.74, 6) is -0.209. The maximum absolute atomic E-state index is 11.9. The van der Waals surface area contributed by atoms with Crippen LogP contribution in [0.5, 0.6) is 0 Å². The molecule has 0 amide bonds. The van der Waals surface area contributed by atoms with Crippen LogP contribution in [0, 0.1) is 11.9 Å². The molecule has 0 aliphatic carbocycles. The average Bonchev–Trinajstić information content (AvgIpc) is 2.15. The van der Waals surface area contributed by atoms with E-state index in [1.165, 1.54) is 24.3 Å². The van der Waals surface area contributed by atoms with Gasteiger partial charge in [0.05, 0.1) is 0 Å². The van der Waals surface area contributed by atoms with Crippen LogP contribution >= 0.6 is 0 Å². The largest absolute Gasteiger partial charge is 0.394 e. The van der Waals surface area contributed by atoms with E-state index in [0.29, 0.717) is 0 Å². The van der Waals surface area contributed by atoms with Gasteiger partial charge in [-0.05, 0) is 41.5 Å². The Morgan fingerprint density at radius 3 is 1.10 bits per heavy atom. The molecular formula is C15H28FO3Ti-. The fourth-order valence-corrected chi connectivity index (χ4v) is 0.367. The minimum atomic E-state index is -0.209. The first-order valence-corrected chi connectivity index (χ1v) is 6.25. The first kappa shape index (κ1) is 28.0. The van der Waals surface area contributed by atoms with E-state index in [1.807, 2.05) is 0 Å². The first-order valence-electron chi connectivity index (χ1n) is 6.25. The van der Waals surface area contributed by atoms with Crippen molar-refractivity contribution in [2.24, 2.45) is 0 Å². The molecule has 0 aliphatic heterocycles. The summed E-state index contributed by atoms with van der Waals surface area (Å²) in [6, 6.07) is 8.49. The van der Waals surface area contributed by atoms with Crippen molar-refractivity contribution >= 4 is 0 Å². The van der Waals surface area contributed by atoms with Crippen molar-refractivity contribution in [1.29, 1.82) is 0 Å². The molecule has 0 aliphatic rings. The molecule has 0 saturated heterocycles. The van der Waals surface area contributed by atoms with Gasteiger partial charge >= 0.3 is 0 Å². The molecule has 3 N–H and O–H groups in total. The minimum Gasteiger partial charge on any atom is -0.394 e. The zero-order valence-corrected chi connectivity index (χ0v) is 14.8. The van der Waals surface area contributed by atoms with E-state index in [-0.39, 0.29) is 45.8 Å². The number of hydrogen-bond acceptors (Lipinski definition) is 3. The summed E-state index contributed by atoms with van der Waals surface area (Å²) in [6.45, 7) is 10.3. The van der Waals surface area contributed by atoms with Gasteiger partial charge < -0.3 is 15.3 Å². The summed E-state index contributed by atoms with van der Waals surface area (Å²) >= 11 is 0. The van der Waals surface area contributed by atoms with Gasteiger partial charge in [0.2, 0.25) is 0 Å². The molecule has 0 spiro atoms. The number of aliphatic hydroxyl groups is 3. The zero-order valence-electron chi connectivity index (χ0n) is 13.3. The third-order valence-electron chi connectivity index (χ3n) is 0.678. The predicted molar refractivity (Wildman–Crippen MR) is 77.3 cm³/mol. The van der Waals surface area contributed by atoms with Crippen molar-refractivity contribution in [3.63, 3.8) is 0 Å². The van der Waals surface area contributed by atoms with Crippen LogP contribution in [0.1, 0.15) is 41.5 Å². The molecule has 1 aromatic carbocycles. The molecule has 1 rings (SSSR count). The van der Waals surface area contributed by atoms with Crippen molar-refractivity contribution in [1.82, 2.24) is 0 Å². The first-order chi connectivity index (χ1) is 8.59. The SMILES string of the molecule is CC(C)O.CC(C)O.CC(C)O.Fc1cc[c-]cc1.[Ti]. The van der Waals surface area contributed by atoms with Gasteiger partial charge in [0, 0.05) is 45.8 Å². The third-order valence-corrected chi connectivity index (χ3v) is 0.678. The van der Waals surface area contributed by atoms with Crippen LogP contribution in [0.4, 0.5) is 4.39 Å². The van der Waals surface area contributed by atoms with E-state index in [1.54, 1.807) is 41.5 Å². The van der Waals surface area contributed by atoms with Crippen LogP contribution in [-0.2, 0) is 21.7 Å². The van der Waals surface area contributed by atoms with Crippen LogP contribution in [0.3, 0.4) is 0 Å². The second-order valence-electron chi connectivity index (χ2n) is 4.50. The molecule has 0 saturated carbocycles. The van der Waals surface area contributed by atoms with Crippen molar-refractivity contribution in [3.8, 4) is 0 Å². The van der Waals surface area contributed by atoms with Gasteiger partial charge in [-0.15, -0.1) is 12.1 Å². The molecule has 0 radical (unpaired) electrons. The standard InChI is InChI=1S/C6H4F.3C3H8O.Ti/c7-6-4-2-1-3-5-6;3*1-3(2)4;/h2-5H;3*3-4H,1-2H3;/q-1;;;;. The summed E-state index contributed by atoms with van der Waals surface area (Å²) in [7, 11) is 0. The van der Waals surface area contributed by atoms with E-state index in [9.17, 15) is 4.39 Å². The van der Waals surface area contributed by atoms with Gasteiger partial charge in [-0.1, -0.05) is 0 Å². The summed E-state index contributed by atoms with van der Waals surface area (Å²) in [5.41, 5.74) is 0. The molecule has 0 heterocycles. The molecule has 5 heteroatoms. The second-order valence-corrected chi connectivity index (χ2v) is 4.50. The molecule has 118 valence electrons.